The van der Waals surface area contributed by atoms with Crippen LogP contribution in [0.4, 0.5) is 0 Å². The highest BCUT2D eigenvalue weighted by molar-refractivity contribution is 9.10. The molecule has 1 aromatic heterocycles. The SMILES string of the molecule is CC(C)CN(C(=O)c1cc(S(N)(=O)=O)c(Br)o1)C1CC1. The van der Waals surface area contributed by atoms with Crippen LogP contribution in [0.1, 0.15) is 37.2 Å². The first kappa shape index (κ1) is 15.5. The molecule has 0 bridgehead atoms. The third kappa shape index (κ3) is 3.42. The molecule has 112 valence electrons. The van der Waals surface area contributed by atoms with Crippen molar-refractivity contribution in [1.82, 2.24) is 4.90 Å². The molecular formula is C12H17BrN2O4S. The van der Waals surface area contributed by atoms with Crippen molar-refractivity contribution in [3.63, 3.8) is 0 Å². The van der Waals surface area contributed by atoms with Gasteiger partial charge in [0.05, 0.1) is 0 Å². The number of amides is 1. The van der Waals surface area contributed by atoms with E-state index >= 15 is 0 Å². The second kappa shape index (κ2) is 5.50. The highest BCUT2D eigenvalue weighted by atomic mass is 79.9. The van der Waals surface area contributed by atoms with Gasteiger partial charge in [0.15, 0.2) is 10.4 Å². The van der Waals surface area contributed by atoms with Crippen molar-refractivity contribution in [3.8, 4) is 0 Å². The van der Waals surface area contributed by atoms with E-state index in [0.29, 0.717) is 12.5 Å². The van der Waals surface area contributed by atoms with E-state index in [9.17, 15) is 13.2 Å². The van der Waals surface area contributed by atoms with E-state index < -0.39 is 10.0 Å². The molecule has 0 atom stereocenters. The Morgan fingerprint density at radius 3 is 2.55 bits per heavy atom. The second-order valence-electron chi connectivity index (χ2n) is 5.38. The van der Waals surface area contributed by atoms with Crippen LogP contribution >= 0.6 is 15.9 Å². The molecule has 1 aliphatic carbocycles. The minimum absolute atomic E-state index is 0.00606. The monoisotopic (exact) mass is 364 g/mol. The van der Waals surface area contributed by atoms with Crippen molar-refractivity contribution in [2.75, 3.05) is 6.54 Å². The summed E-state index contributed by atoms with van der Waals surface area (Å²) in [5.74, 6) is 0.0286. The molecule has 0 aromatic carbocycles. The fourth-order valence-corrected chi connectivity index (χ4v) is 3.47. The molecule has 8 heteroatoms. The molecule has 20 heavy (non-hydrogen) atoms. The number of furan rings is 1. The lowest BCUT2D eigenvalue weighted by Crippen LogP contribution is -2.35. The molecule has 1 fully saturated rings. The molecular weight excluding hydrogens is 348 g/mol. The fraction of sp³-hybridized carbons (Fsp3) is 0.583. The Hall–Kier alpha value is -0.860. The van der Waals surface area contributed by atoms with Crippen molar-refractivity contribution in [2.45, 2.75) is 37.6 Å². The highest BCUT2D eigenvalue weighted by Gasteiger charge is 2.35. The first-order valence-electron chi connectivity index (χ1n) is 6.33. The number of sulfonamides is 1. The van der Waals surface area contributed by atoms with E-state index in [4.69, 9.17) is 9.56 Å². The minimum atomic E-state index is -3.91. The van der Waals surface area contributed by atoms with E-state index in [-0.39, 0.29) is 27.3 Å². The van der Waals surface area contributed by atoms with Gasteiger partial charge in [0.1, 0.15) is 4.90 Å². The predicted molar refractivity (Wildman–Crippen MR) is 76.7 cm³/mol. The van der Waals surface area contributed by atoms with Crippen LogP contribution in [-0.4, -0.2) is 31.8 Å². The summed E-state index contributed by atoms with van der Waals surface area (Å²) >= 11 is 2.98. The maximum absolute atomic E-state index is 12.4. The summed E-state index contributed by atoms with van der Waals surface area (Å²) in [5.41, 5.74) is 0. The first-order chi connectivity index (χ1) is 9.20. The minimum Gasteiger partial charge on any atom is -0.443 e. The van der Waals surface area contributed by atoms with Gasteiger partial charge in [-0.05, 0) is 34.7 Å². The van der Waals surface area contributed by atoms with E-state index in [1.54, 1.807) is 4.90 Å². The van der Waals surface area contributed by atoms with Gasteiger partial charge in [-0.2, -0.15) is 0 Å². The van der Waals surface area contributed by atoms with E-state index in [2.05, 4.69) is 15.9 Å². The number of carbonyl (C=O) groups is 1. The largest absolute Gasteiger partial charge is 0.443 e. The number of hydrogen-bond acceptors (Lipinski definition) is 4. The Morgan fingerprint density at radius 1 is 1.55 bits per heavy atom. The third-order valence-electron chi connectivity index (χ3n) is 2.98. The maximum atomic E-state index is 12.4. The summed E-state index contributed by atoms with van der Waals surface area (Å²) in [6, 6.07) is 1.41. The van der Waals surface area contributed by atoms with Crippen LogP contribution in [0.5, 0.6) is 0 Å². The van der Waals surface area contributed by atoms with Crippen molar-refractivity contribution < 1.29 is 17.6 Å². The van der Waals surface area contributed by atoms with Gasteiger partial charge in [0, 0.05) is 18.7 Å². The molecule has 2 rings (SSSR count). The lowest BCUT2D eigenvalue weighted by molar-refractivity contribution is 0.0688. The summed E-state index contributed by atoms with van der Waals surface area (Å²) in [6.45, 7) is 4.67. The Labute approximate surface area is 126 Å². The summed E-state index contributed by atoms with van der Waals surface area (Å²) in [6.07, 6.45) is 1.95. The molecule has 0 aliphatic heterocycles. The smallest absolute Gasteiger partial charge is 0.289 e. The molecule has 2 N–H and O–H groups in total. The van der Waals surface area contributed by atoms with Gasteiger partial charge in [0.2, 0.25) is 10.0 Å². The molecule has 0 radical (unpaired) electrons. The number of nitrogens with zero attached hydrogens (tertiary/aromatic N) is 1. The molecule has 0 unspecified atom stereocenters. The Balaban J connectivity index is 2.28. The fourth-order valence-electron chi connectivity index (χ4n) is 1.97. The predicted octanol–water partition coefficient (Wildman–Crippen LogP) is 1.95. The van der Waals surface area contributed by atoms with Gasteiger partial charge in [-0.15, -0.1) is 0 Å². The van der Waals surface area contributed by atoms with E-state index in [0.717, 1.165) is 12.8 Å². The first-order valence-corrected chi connectivity index (χ1v) is 8.67. The van der Waals surface area contributed by atoms with Gasteiger partial charge in [-0.25, -0.2) is 13.6 Å². The lowest BCUT2D eigenvalue weighted by atomic mass is 10.2. The van der Waals surface area contributed by atoms with Gasteiger partial charge in [-0.1, -0.05) is 13.8 Å². The zero-order chi connectivity index (χ0) is 15.1. The summed E-state index contributed by atoms with van der Waals surface area (Å²) in [4.78, 5) is 14.0. The van der Waals surface area contributed by atoms with Crippen LogP contribution in [0.3, 0.4) is 0 Å². The summed E-state index contributed by atoms with van der Waals surface area (Å²) < 4.78 is 27.9. The summed E-state index contributed by atoms with van der Waals surface area (Å²) in [5, 5.41) is 5.06. The molecule has 1 aliphatic rings. The normalized spacial score (nSPS) is 15.7. The second-order valence-corrected chi connectivity index (χ2v) is 7.63. The summed E-state index contributed by atoms with van der Waals surface area (Å²) in [7, 11) is -3.91. The maximum Gasteiger partial charge on any atom is 0.289 e. The van der Waals surface area contributed by atoms with Gasteiger partial charge < -0.3 is 9.32 Å². The molecule has 0 saturated heterocycles. The Kier molecular flexibility index (Phi) is 4.27. The van der Waals surface area contributed by atoms with Crippen LogP contribution in [-0.2, 0) is 10.0 Å². The number of carbonyl (C=O) groups excluding carboxylic acids is 1. The number of rotatable bonds is 5. The number of halogens is 1. The highest BCUT2D eigenvalue weighted by Crippen LogP contribution is 2.31. The lowest BCUT2D eigenvalue weighted by Gasteiger charge is -2.23. The van der Waals surface area contributed by atoms with Crippen LogP contribution < -0.4 is 5.14 Å². The van der Waals surface area contributed by atoms with E-state index in [1.807, 2.05) is 13.8 Å². The van der Waals surface area contributed by atoms with E-state index in [1.165, 1.54) is 6.07 Å². The van der Waals surface area contributed by atoms with Crippen LogP contribution in [0.15, 0.2) is 20.0 Å². The Morgan fingerprint density at radius 2 is 2.15 bits per heavy atom. The van der Waals surface area contributed by atoms with Crippen molar-refractivity contribution in [2.24, 2.45) is 11.1 Å². The molecule has 1 aromatic rings. The van der Waals surface area contributed by atoms with Crippen molar-refractivity contribution >= 4 is 31.9 Å². The number of nitrogens with two attached hydrogens (primary N) is 1. The van der Waals surface area contributed by atoms with Crippen LogP contribution in [0.25, 0.3) is 0 Å². The Bertz CT molecular complexity index is 619. The molecule has 1 saturated carbocycles. The number of primary sulfonamides is 1. The van der Waals surface area contributed by atoms with Gasteiger partial charge in [-0.3, -0.25) is 4.79 Å². The van der Waals surface area contributed by atoms with Gasteiger partial charge in [0.25, 0.3) is 5.91 Å². The molecule has 0 spiro atoms. The topological polar surface area (TPSA) is 93.6 Å². The average Bonchev–Trinajstić information content (AvgIpc) is 3.06. The number of hydrogen-bond donors (Lipinski definition) is 1. The van der Waals surface area contributed by atoms with Crippen molar-refractivity contribution in [1.29, 1.82) is 0 Å². The molecule has 1 heterocycles. The molecule has 6 nitrogen and oxygen atoms in total. The van der Waals surface area contributed by atoms with Crippen LogP contribution in [0, 0.1) is 5.92 Å². The average molecular weight is 365 g/mol. The zero-order valence-electron chi connectivity index (χ0n) is 11.3. The molecule has 1 amide bonds. The quantitative estimate of drug-likeness (QED) is 0.863. The third-order valence-corrected chi connectivity index (χ3v) is 4.75. The van der Waals surface area contributed by atoms with Crippen LogP contribution in [0.2, 0.25) is 0 Å². The van der Waals surface area contributed by atoms with Gasteiger partial charge >= 0.3 is 0 Å². The zero-order valence-corrected chi connectivity index (χ0v) is 13.7. The standard InChI is InChI=1S/C12H17BrN2O4S/c1-7(2)6-15(8-3-4-8)12(16)9-5-10(11(13)19-9)20(14,17)18/h5,7-8H,3-4,6H2,1-2H3,(H2,14,17,18). The van der Waals surface area contributed by atoms with Crippen molar-refractivity contribution in [3.05, 3.63) is 16.5 Å².